The van der Waals surface area contributed by atoms with Crippen molar-refractivity contribution < 1.29 is 4.79 Å². The molecule has 1 N–H and O–H groups in total. The SMILES string of the molecule is O=C(NCCCI)c1ccc(Cl)c(Cl)c1. The van der Waals surface area contributed by atoms with Crippen LogP contribution in [0.1, 0.15) is 16.8 Å². The molecule has 0 heterocycles. The van der Waals surface area contributed by atoms with Crippen molar-refractivity contribution in [3.05, 3.63) is 33.8 Å². The van der Waals surface area contributed by atoms with Gasteiger partial charge in [-0.2, -0.15) is 0 Å². The van der Waals surface area contributed by atoms with E-state index in [1.54, 1.807) is 18.2 Å². The summed E-state index contributed by atoms with van der Waals surface area (Å²) in [5.74, 6) is -0.113. The molecule has 0 radical (unpaired) electrons. The molecular weight excluding hydrogens is 348 g/mol. The van der Waals surface area contributed by atoms with Gasteiger partial charge in [0.05, 0.1) is 10.0 Å². The first-order valence-electron chi connectivity index (χ1n) is 4.44. The van der Waals surface area contributed by atoms with Crippen LogP contribution in [0.5, 0.6) is 0 Å². The van der Waals surface area contributed by atoms with Crippen molar-refractivity contribution in [1.82, 2.24) is 5.32 Å². The number of carbonyl (C=O) groups is 1. The minimum atomic E-state index is -0.113. The van der Waals surface area contributed by atoms with Gasteiger partial charge in [0, 0.05) is 16.5 Å². The van der Waals surface area contributed by atoms with Crippen molar-refractivity contribution in [2.24, 2.45) is 0 Å². The Morgan fingerprint density at radius 3 is 2.67 bits per heavy atom. The lowest BCUT2D eigenvalue weighted by atomic mass is 10.2. The zero-order valence-corrected chi connectivity index (χ0v) is 11.6. The summed E-state index contributed by atoms with van der Waals surface area (Å²) in [6.45, 7) is 0.683. The highest BCUT2D eigenvalue weighted by atomic mass is 127. The monoisotopic (exact) mass is 357 g/mol. The van der Waals surface area contributed by atoms with Gasteiger partial charge in [0.25, 0.3) is 5.91 Å². The second kappa shape index (κ2) is 6.55. The average Bonchev–Trinajstić information content (AvgIpc) is 2.22. The van der Waals surface area contributed by atoms with Gasteiger partial charge in [0.1, 0.15) is 0 Å². The van der Waals surface area contributed by atoms with E-state index in [4.69, 9.17) is 23.2 Å². The van der Waals surface area contributed by atoms with Crippen LogP contribution in [0.4, 0.5) is 0 Å². The summed E-state index contributed by atoms with van der Waals surface area (Å²) in [4.78, 5) is 11.6. The molecule has 0 spiro atoms. The van der Waals surface area contributed by atoms with E-state index in [1.165, 1.54) is 0 Å². The molecule has 15 heavy (non-hydrogen) atoms. The standard InChI is InChI=1S/C10H10Cl2INO/c11-8-3-2-7(6-9(8)12)10(15)14-5-1-4-13/h2-3,6H,1,4-5H2,(H,14,15). The van der Waals surface area contributed by atoms with E-state index in [1.807, 2.05) is 0 Å². The number of halogens is 3. The van der Waals surface area contributed by atoms with Gasteiger partial charge < -0.3 is 5.32 Å². The summed E-state index contributed by atoms with van der Waals surface area (Å²) >= 11 is 13.8. The van der Waals surface area contributed by atoms with Crippen LogP contribution in [0.15, 0.2) is 18.2 Å². The van der Waals surface area contributed by atoms with Gasteiger partial charge in [-0.1, -0.05) is 45.8 Å². The lowest BCUT2D eigenvalue weighted by Gasteiger charge is -2.04. The van der Waals surface area contributed by atoms with Crippen molar-refractivity contribution in [2.75, 3.05) is 11.0 Å². The van der Waals surface area contributed by atoms with Crippen molar-refractivity contribution in [3.63, 3.8) is 0 Å². The van der Waals surface area contributed by atoms with Crippen LogP contribution in [0.25, 0.3) is 0 Å². The van der Waals surface area contributed by atoms with E-state index >= 15 is 0 Å². The summed E-state index contributed by atoms with van der Waals surface area (Å²) in [5, 5.41) is 3.66. The first kappa shape index (κ1) is 13.1. The van der Waals surface area contributed by atoms with Gasteiger partial charge in [-0.15, -0.1) is 0 Å². The molecule has 0 bridgehead atoms. The predicted octanol–water partition coefficient (Wildman–Crippen LogP) is 3.55. The molecule has 2 nitrogen and oxygen atoms in total. The number of benzene rings is 1. The van der Waals surface area contributed by atoms with Crippen LogP contribution in [-0.2, 0) is 0 Å². The molecule has 1 aromatic carbocycles. The number of rotatable bonds is 4. The van der Waals surface area contributed by atoms with Crippen molar-refractivity contribution in [3.8, 4) is 0 Å². The average molecular weight is 358 g/mol. The summed E-state index contributed by atoms with van der Waals surface area (Å²) in [5.41, 5.74) is 0.540. The molecule has 0 fully saturated rings. The molecule has 0 atom stereocenters. The third-order valence-corrected chi connectivity index (χ3v) is 3.28. The second-order valence-electron chi connectivity index (χ2n) is 2.93. The Bertz CT molecular complexity index is 357. The van der Waals surface area contributed by atoms with Crippen LogP contribution in [0.3, 0.4) is 0 Å². The van der Waals surface area contributed by atoms with Gasteiger partial charge in [0.15, 0.2) is 0 Å². The molecule has 0 aliphatic heterocycles. The van der Waals surface area contributed by atoms with Gasteiger partial charge in [-0.3, -0.25) is 4.79 Å². The number of amides is 1. The van der Waals surface area contributed by atoms with Crippen LogP contribution >= 0.6 is 45.8 Å². The molecule has 1 rings (SSSR count). The molecular formula is C10H10Cl2INO. The van der Waals surface area contributed by atoms with Crippen LogP contribution < -0.4 is 5.32 Å². The highest BCUT2D eigenvalue weighted by molar-refractivity contribution is 14.1. The summed E-state index contributed by atoms with van der Waals surface area (Å²) in [6, 6.07) is 4.86. The quantitative estimate of drug-likeness (QED) is 0.498. The fourth-order valence-corrected chi connectivity index (χ4v) is 1.69. The molecule has 1 aromatic rings. The van der Waals surface area contributed by atoms with E-state index in [9.17, 15) is 4.79 Å². The Morgan fingerprint density at radius 2 is 2.07 bits per heavy atom. The molecule has 0 saturated carbocycles. The first-order chi connectivity index (χ1) is 7.15. The first-order valence-corrected chi connectivity index (χ1v) is 6.72. The smallest absolute Gasteiger partial charge is 0.251 e. The maximum atomic E-state index is 11.6. The highest BCUT2D eigenvalue weighted by Gasteiger charge is 2.06. The van der Waals surface area contributed by atoms with Gasteiger partial charge >= 0.3 is 0 Å². The minimum Gasteiger partial charge on any atom is -0.352 e. The Morgan fingerprint density at radius 1 is 1.33 bits per heavy atom. The summed E-state index contributed by atoms with van der Waals surface area (Å²) in [7, 11) is 0. The number of hydrogen-bond acceptors (Lipinski definition) is 1. The van der Waals surface area contributed by atoms with E-state index in [0.717, 1.165) is 10.8 Å². The van der Waals surface area contributed by atoms with E-state index in [-0.39, 0.29) is 5.91 Å². The Hall–Kier alpha value is -0.000000000000000111. The van der Waals surface area contributed by atoms with E-state index in [2.05, 4.69) is 27.9 Å². The third kappa shape index (κ3) is 4.17. The lowest BCUT2D eigenvalue weighted by Crippen LogP contribution is -2.24. The molecule has 82 valence electrons. The lowest BCUT2D eigenvalue weighted by molar-refractivity contribution is 0.0954. The van der Waals surface area contributed by atoms with Crippen LogP contribution in [0, 0.1) is 0 Å². The summed E-state index contributed by atoms with van der Waals surface area (Å²) in [6.07, 6.45) is 0.966. The fourth-order valence-electron chi connectivity index (χ4n) is 1.01. The van der Waals surface area contributed by atoms with Crippen molar-refractivity contribution in [1.29, 1.82) is 0 Å². The Kier molecular flexibility index (Phi) is 5.71. The van der Waals surface area contributed by atoms with Crippen molar-refractivity contribution >= 4 is 51.7 Å². The molecule has 0 saturated heterocycles. The number of carbonyl (C=O) groups excluding carboxylic acids is 1. The zero-order valence-electron chi connectivity index (χ0n) is 7.90. The third-order valence-electron chi connectivity index (χ3n) is 1.78. The Labute approximate surface area is 112 Å². The molecule has 0 aromatic heterocycles. The fraction of sp³-hybridized carbons (Fsp3) is 0.300. The number of hydrogen-bond donors (Lipinski definition) is 1. The minimum absolute atomic E-state index is 0.113. The predicted molar refractivity (Wildman–Crippen MR) is 72.3 cm³/mol. The molecule has 0 unspecified atom stereocenters. The maximum Gasteiger partial charge on any atom is 0.251 e. The van der Waals surface area contributed by atoms with E-state index < -0.39 is 0 Å². The second-order valence-corrected chi connectivity index (χ2v) is 4.82. The normalized spacial score (nSPS) is 10.1. The molecule has 0 aliphatic rings. The maximum absolute atomic E-state index is 11.6. The molecule has 0 aliphatic carbocycles. The molecule has 1 amide bonds. The van der Waals surface area contributed by atoms with Gasteiger partial charge in [-0.05, 0) is 24.6 Å². The number of nitrogens with one attached hydrogen (secondary N) is 1. The van der Waals surface area contributed by atoms with Crippen LogP contribution in [0.2, 0.25) is 10.0 Å². The zero-order chi connectivity index (χ0) is 11.3. The van der Waals surface area contributed by atoms with Crippen LogP contribution in [-0.4, -0.2) is 16.9 Å². The molecule has 5 heteroatoms. The largest absolute Gasteiger partial charge is 0.352 e. The highest BCUT2D eigenvalue weighted by Crippen LogP contribution is 2.22. The Balaban J connectivity index is 2.62. The van der Waals surface area contributed by atoms with Gasteiger partial charge in [0.2, 0.25) is 0 Å². The van der Waals surface area contributed by atoms with E-state index in [0.29, 0.717) is 22.2 Å². The van der Waals surface area contributed by atoms with Crippen molar-refractivity contribution in [2.45, 2.75) is 6.42 Å². The summed E-state index contributed by atoms with van der Waals surface area (Å²) < 4.78 is 1.03. The van der Waals surface area contributed by atoms with Gasteiger partial charge in [-0.25, -0.2) is 0 Å². The topological polar surface area (TPSA) is 29.1 Å². The number of alkyl halides is 1.